The first-order valence-corrected chi connectivity index (χ1v) is 8.08. The Balaban J connectivity index is 1.71. The van der Waals surface area contributed by atoms with Gasteiger partial charge in [-0.2, -0.15) is 4.98 Å². The van der Waals surface area contributed by atoms with Crippen LogP contribution in [-0.2, 0) is 11.3 Å². The number of nitrogens with two attached hydrogens (primary N) is 1. The van der Waals surface area contributed by atoms with Crippen LogP contribution in [0.25, 0.3) is 11.4 Å². The van der Waals surface area contributed by atoms with Gasteiger partial charge in [-0.3, -0.25) is 9.69 Å². The highest BCUT2D eigenvalue weighted by Crippen LogP contribution is 2.28. The summed E-state index contributed by atoms with van der Waals surface area (Å²) in [5, 5.41) is 4.98. The highest BCUT2D eigenvalue weighted by Gasteiger charge is 2.25. The minimum atomic E-state index is -0.256. The van der Waals surface area contributed by atoms with Crippen LogP contribution in [0.2, 0.25) is 10.0 Å². The van der Waals surface area contributed by atoms with Gasteiger partial charge in [0.25, 0.3) is 0 Å². The lowest BCUT2D eigenvalue weighted by molar-refractivity contribution is -0.123. The Labute approximate surface area is 143 Å². The number of nitrogens with zero attached hydrogens (tertiary/aromatic N) is 3. The van der Waals surface area contributed by atoms with E-state index >= 15 is 0 Å². The summed E-state index contributed by atoms with van der Waals surface area (Å²) in [5.74, 6) is 0.534. The molecule has 3 rings (SSSR count). The molecule has 2 N–H and O–H groups in total. The second kappa shape index (κ2) is 6.86. The summed E-state index contributed by atoms with van der Waals surface area (Å²) in [6.45, 7) is 1.99. The van der Waals surface area contributed by atoms with Crippen molar-refractivity contribution in [3.63, 3.8) is 0 Å². The number of primary amides is 1. The summed E-state index contributed by atoms with van der Waals surface area (Å²) in [7, 11) is 0. The first-order valence-electron chi connectivity index (χ1n) is 7.32. The number of carbonyl (C=O) groups excluding carboxylic acids is 1. The van der Waals surface area contributed by atoms with Crippen LogP contribution >= 0.6 is 23.2 Å². The molecule has 6 nitrogen and oxygen atoms in total. The molecule has 1 fully saturated rings. The first kappa shape index (κ1) is 16.2. The van der Waals surface area contributed by atoms with E-state index < -0.39 is 0 Å². The first-order chi connectivity index (χ1) is 11.0. The number of piperidine rings is 1. The van der Waals surface area contributed by atoms with Gasteiger partial charge in [0, 0.05) is 17.1 Å². The van der Waals surface area contributed by atoms with Gasteiger partial charge >= 0.3 is 0 Å². The topological polar surface area (TPSA) is 85.3 Å². The fourth-order valence-electron chi connectivity index (χ4n) is 2.72. The zero-order valence-electron chi connectivity index (χ0n) is 12.3. The Morgan fingerprint density at radius 2 is 2.26 bits per heavy atom. The van der Waals surface area contributed by atoms with E-state index in [0.717, 1.165) is 19.4 Å². The molecule has 0 spiro atoms. The number of benzene rings is 1. The molecule has 0 saturated carbocycles. The van der Waals surface area contributed by atoms with Crippen molar-refractivity contribution in [1.82, 2.24) is 15.0 Å². The molecule has 1 aromatic carbocycles. The molecule has 1 aromatic heterocycles. The molecule has 0 radical (unpaired) electrons. The third-order valence-corrected chi connectivity index (χ3v) is 4.45. The Bertz CT molecular complexity index is 719. The van der Waals surface area contributed by atoms with Crippen molar-refractivity contribution in [2.24, 2.45) is 11.7 Å². The second-order valence-electron chi connectivity index (χ2n) is 5.61. The van der Waals surface area contributed by atoms with Crippen molar-refractivity contribution in [3.8, 4) is 11.4 Å². The molecule has 1 unspecified atom stereocenters. The van der Waals surface area contributed by atoms with E-state index in [1.807, 2.05) is 0 Å². The monoisotopic (exact) mass is 354 g/mol. The van der Waals surface area contributed by atoms with Crippen LogP contribution < -0.4 is 5.73 Å². The summed E-state index contributed by atoms with van der Waals surface area (Å²) < 4.78 is 5.29. The van der Waals surface area contributed by atoms with Gasteiger partial charge < -0.3 is 10.3 Å². The van der Waals surface area contributed by atoms with E-state index in [0.29, 0.717) is 40.4 Å². The molecule has 122 valence electrons. The molecule has 0 aliphatic carbocycles. The van der Waals surface area contributed by atoms with Crippen molar-refractivity contribution in [3.05, 3.63) is 34.1 Å². The molecular weight excluding hydrogens is 339 g/mol. The zero-order chi connectivity index (χ0) is 16.4. The van der Waals surface area contributed by atoms with Crippen molar-refractivity contribution >= 4 is 29.1 Å². The number of likely N-dealkylation sites (tertiary alicyclic amines) is 1. The SMILES string of the molecule is NC(=O)C1CCCN(Cc2nc(-c3ccc(Cl)cc3Cl)no2)C1. The lowest BCUT2D eigenvalue weighted by Gasteiger charge is -2.29. The summed E-state index contributed by atoms with van der Waals surface area (Å²) >= 11 is 12.0. The van der Waals surface area contributed by atoms with Gasteiger partial charge in [0.05, 0.1) is 17.5 Å². The normalized spacial score (nSPS) is 19.0. The van der Waals surface area contributed by atoms with Crippen molar-refractivity contribution in [2.45, 2.75) is 19.4 Å². The van der Waals surface area contributed by atoms with Gasteiger partial charge in [-0.1, -0.05) is 28.4 Å². The Morgan fingerprint density at radius 3 is 3.00 bits per heavy atom. The quantitative estimate of drug-likeness (QED) is 0.912. The standard InChI is InChI=1S/C15H16Cl2N4O2/c16-10-3-4-11(12(17)6-10)15-19-13(23-20-15)8-21-5-1-2-9(7-21)14(18)22/h3-4,6,9H,1-2,5,7-8H2,(H2,18,22). The predicted octanol–water partition coefficient (Wildman–Crippen LogP) is 2.74. The van der Waals surface area contributed by atoms with E-state index in [-0.39, 0.29) is 11.8 Å². The molecule has 2 aromatic rings. The molecule has 1 aliphatic heterocycles. The number of aromatic nitrogens is 2. The van der Waals surface area contributed by atoms with Crippen LogP contribution in [0.4, 0.5) is 0 Å². The van der Waals surface area contributed by atoms with Gasteiger partial charge in [0.2, 0.25) is 17.6 Å². The summed E-state index contributed by atoms with van der Waals surface area (Å²) in [4.78, 5) is 17.8. The number of hydrogen-bond acceptors (Lipinski definition) is 5. The molecule has 1 atom stereocenters. The Kier molecular flexibility index (Phi) is 4.84. The highest BCUT2D eigenvalue weighted by molar-refractivity contribution is 6.36. The number of halogens is 2. The van der Waals surface area contributed by atoms with Crippen molar-refractivity contribution in [2.75, 3.05) is 13.1 Å². The molecule has 2 heterocycles. The minimum absolute atomic E-state index is 0.114. The van der Waals surface area contributed by atoms with Crippen LogP contribution in [0.15, 0.2) is 22.7 Å². The maximum absolute atomic E-state index is 11.3. The van der Waals surface area contributed by atoms with Gasteiger partial charge in [-0.05, 0) is 37.6 Å². The Morgan fingerprint density at radius 1 is 1.43 bits per heavy atom. The smallest absolute Gasteiger partial charge is 0.241 e. The van der Waals surface area contributed by atoms with Crippen LogP contribution in [0.3, 0.4) is 0 Å². The Hall–Kier alpha value is -1.63. The van der Waals surface area contributed by atoms with Crippen molar-refractivity contribution < 1.29 is 9.32 Å². The fraction of sp³-hybridized carbons (Fsp3) is 0.400. The summed E-state index contributed by atoms with van der Waals surface area (Å²) in [6.07, 6.45) is 1.76. The average Bonchev–Trinajstić information content (AvgIpc) is 2.95. The summed E-state index contributed by atoms with van der Waals surface area (Å²) in [5.41, 5.74) is 6.06. The molecular formula is C15H16Cl2N4O2. The van der Waals surface area contributed by atoms with Crippen LogP contribution in [0, 0.1) is 5.92 Å². The highest BCUT2D eigenvalue weighted by atomic mass is 35.5. The van der Waals surface area contributed by atoms with Gasteiger partial charge in [0.15, 0.2) is 0 Å². The van der Waals surface area contributed by atoms with Crippen LogP contribution in [0.1, 0.15) is 18.7 Å². The van der Waals surface area contributed by atoms with Gasteiger partial charge in [-0.15, -0.1) is 0 Å². The second-order valence-corrected chi connectivity index (χ2v) is 6.46. The number of amides is 1. The maximum atomic E-state index is 11.3. The molecule has 1 saturated heterocycles. The number of rotatable bonds is 4. The third-order valence-electron chi connectivity index (χ3n) is 3.91. The lowest BCUT2D eigenvalue weighted by atomic mass is 9.97. The van der Waals surface area contributed by atoms with Crippen molar-refractivity contribution in [1.29, 1.82) is 0 Å². The number of carbonyl (C=O) groups is 1. The largest absolute Gasteiger partial charge is 0.369 e. The van der Waals surface area contributed by atoms with Crippen LogP contribution in [-0.4, -0.2) is 34.0 Å². The van der Waals surface area contributed by atoms with E-state index in [1.165, 1.54) is 0 Å². The fourth-order valence-corrected chi connectivity index (χ4v) is 3.21. The molecule has 23 heavy (non-hydrogen) atoms. The average molecular weight is 355 g/mol. The molecule has 1 aliphatic rings. The predicted molar refractivity (Wildman–Crippen MR) is 86.9 cm³/mol. The minimum Gasteiger partial charge on any atom is -0.369 e. The number of hydrogen-bond donors (Lipinski definition) is 1. The van der Waals surface area contributed by atoms with E-state index in [9.17, 15) is 4.79 Å². The van der Waals surface area contributed by atoms with Gasteiger partial charge in [-0.25, -0.2) is 0 Å². The van der Waals surface area contributed by atoms with Gasteiger partial charge in [0.1, 0.15) is 0 Å². The molecule has 0 bridgehead atoms. The molecule has 8 heteroatoms. The van der Waals surface area contributed by atoms with E-state index in [1.54, 1.807) is 18.2 Å². The summed E-state index contributed by atoms with van der Waals surface area (Å²) in [6, 6.07) is 5.11. The zero-order valence-corrected chi connectivity index (χ0v) is 13.8. The van der Waals surface area contributed by atoms with Crippen LogP contribution in [0.5, 0.6) is 0 Å². The lowest BCUT2D eigenvalue weighted by Crippen LogP contribution is -2.40. The van der Waals surface area contributed by atoms with E-state index in [4.69, 9.17) is 33.5 Å². The molecule has 1 amide bonds. The maximum Gasteiger partial charge on any atom is 0.241 e. The third kappa shape index (κ3) is 3.83. The van der Waals surface area contributed by atoms with E-state index in [2.05, 4.69) is 15.0 Å².